The maximum Gasteiger partial charge on any atom is 0.416 e. The Labute approximate surface area is 171 Å². The lowest BCUT2D eigenvalue weighted by Crippen LogP contribution is -2.25. The SMILES string of the molecule is COC(=O)c1cc(C)nc(N2C[C@H]3C[C@H](c4cc(F)ccc4C(F)(F)F)C[C@H]3C2)n1. The number of anilines is 1. The lowest BCUT2D eigenvalue weighted by molar-refractivity contribution is -0.138. The van der Waals surface area contributed by atoms with Crippen molar-refractivity contribution in [2.75, 3.05) is 25.1 Å². The number of aryl methyl sites for hydroxylation is 1. The predicted molar refractivity (Wildman–Crippen MR) is 101 cm³/mol. The van der Waals surface area contributed by atoms with Gasteiger partial charge in [-0.2, -0.15) is 13.2 Å². The van der Waals surface area contributed by atoms with Crippen LogP contribution in [-0.4, -0.2) is 36.1 Å². The molecule has 0 N–H and O–H groups in total. The summed E-state index contributed by atoms with van der Waals surface area (Å²) in [5.74, 6) is -0.802. The van der Waals surface area contributed by atoms with Crippen molar-refractivity contribution in [3.8, 4) is 0 Å². The Hall–Kier alpha value is -2.71. The minimum Gasteiger partial charge on any atom is -0.464 e. The lowest BCUT2D eigenvalue weighted by Gasteiger charge is -2.22. The molecule has 0 radical (unpaired) electrons. The lowest BCUT2D eigenvalue weighted by atomic mass is 9.91. The molecule has 0 unspecified atom stereocenters. The van der Waals surface area contributed by atoms with Crippen molar-refractivity contribution in [1.29, 1.82) is 0 Å². The average Bonchev–Trinajstić information content (AvgIpc) is 3.25. The van der Waals surface area contributed by atoms with Gasteiger partial charge < -0.3 is 9.64 Å². The molecule has 1 aliphatic heterocycles. The highest BCUT2D eigenvalue weighted by molar-refractivity contribution is 5.87. The van der Waals surface area contributed by atoms with Crippen LogP contribution in [-0.2, 0) is 10.9 Å². The molecule has 4 rings (SSSR count). The van der Waals surface area contributed by atoms with Crippen molar-refractivity contribution in [3.05, 3.63) is 52.6 Å². The molecule has 1 aliphatic carbocycles. The van der Waals surface area contributed by atoms with E-state index in [2.05, 4.69) is 9.97 Å². The monoisotopic (exact) mass is 423 g/mol. The Bertz CT molecular complexity index is 965. The van der Waals surface area contributed by atoms with Gasteiger partial charge in [-0.15, -0.1) is 0 Å². The second-order valence-corrected chi connectivity index (χ2v) is 8.01. The number of aromatic nitrogens is 2. The molecule has 2 aliphatic rings. The number of rotatable bonds is 3. The number of fused-ring (bicyclic) bond motifs is 1. The fourth-order valence-electron chi connectivity index (χ4n) is 4.75. The van der Waals surface area contributed by atoms with Crippen molar-refractivity contribution < 1.29 is 27.1 Å². The molecule has 2 heterocycles. The van der Waals surface area contributed by atoms with Crippen molar-refractivity contribution in [3.63, 3.8) is 0 Å². The first kappa shape index (κ1) is 20.6. The van der Waals surface area contributed by atoms with E-state index in [1.807, 2.05) is 4.90 Å². The molecular formula is C21H21F4N3O2. The Balaban J connectivity index is 1.53. The predicted octanol–water partition coefficient (Wildman–Crippen LogP) is 4.36. The van der Waals surface area contributed by atoms with Crippen LogP contribution in [0.15, 0.2) is 24.3 Å². The number of hydrogen-bond acceptors (Lipinski definition) is 5. The molecule has 1 aromatic carbocycles. The highest BCUT2D eigenvalue weighted by atomic mass is 19.4. The van der Waals surface area contributed by atoms with Crippen LogP contribution in [0.25, 0.3) is 0 Å². The van der Waals surface area contributed by atoms with Gasteiger partial charge in [-0.05, 0) is 67.3 Å². The topological polar surface area (TPSA) is 55.3 Å². The second kappa shape index (κ2) is 7.52. The molecular weight excluding hydrogens is 402 g/mol. The number of nitrogens with zero attached hydrogens (tertiary/aromatic N) is 3. The van der Waals surface area contributed by atoms with E-state index in [4.69, 9.17) is 4.74 Å². The fourth-order valence-corrected chi connectivity index (χ4v) is 4.75. The van der Waals surface area contributed by atoms with E-state index in [1.165, 1.54) is 7.11 Å². The number of carbonyl (C=O) groups excluding carboxylic acids is 1. The zero-order valence-electron chi connectivity index (χ0n) is 16.5. The van der Waals surface area contributed by atoms with Crippen LogP contribution >= 0.6 is 0 Å². The first-order valence-electron chi connectivity index (χ1n) is 9.71. The van der Waals surface area contributed by atoms with Crippen LogP contribution in [0.1, 0.15) is 46.1 Å². The fraction of sp³-hybridized carbons (Fsp3) is 0.476. The molecule has 160 valence electrons. The van der Waals surface area contributed by atoms with E-state index in [9.17, 15) is 22.4 Å². The van der Waals surface area contributed by atoms with E-state index >= 15 is 0 Å². The molecule has 5 nitrogen and oxygen atoms in total. The van der Waals surface area contributed by atoms with Crippen molar-refractivity contribution in [2.45, 2.75) is 31.9 Å². The van der Waals surface area contributed by atoms with Gasteiger partial charge in [0.25, 0.3) is 0 Å². The molecule has 0 bridgehead atoms. The number of benzene rings is 1. The molecule has 9 heteroatoms. The quantitative estimate of drug-likeness (QED) is 0.543. The Kier molecular flexibility index (Phi) is 5.15. The standard InChI is InChI=1S/C21H21F4N3O2/c1-11-5-18(19(29)30-2)27-20(26-11)28-9-13-6-12(7-14(13)10-28)16-8-15(22)3-4-17(16)21(23,24)25/h3-5,8,12-14H,6-7,9-10H2,1-2H3/t12-,13+,14-. The average molecular weight is 423 g/mol. The third kappa shape index (κ3) is 3.85. The first-order valence-corrected chi connectivity index (χ1v) is 9.71. The summed E-state index contributed by atoms with van der Waals surface area (Å²) in [5.41, 5.74) is 0.0909. The maximum atomic E-state index is 13.7. The summed E-state index contributed by atoms with van der Waals surface area (Å²) in [6.07, 6.45) is -3.42. The molecule has 1 saturated carbocycles. The van der Waals surface area contributed by atoms with E-state index < -0.39 is 23.5 Å². The molecule has 1 saturated heterocycles. The van der Waals surface area contributed by atoms with Crippen LogP contribution in [0.2, 0.25) is 0 Å². The molecule has 30 heavy (non-hydrogen) atoms. The number of carbonyl (C=O) groups is 1. The summed E-state index contributed by atoms with van der Waals surface area (Å²) in [5, 5.41) is 0. The number of ether oxygens (including phenoxy) is 1. The number of halogens is 4. The summed E-state index contributed by atoms with van der Waals surface area (Å²) in [7, 11) is 1.28. The van der Waals surface area contributed by atoms with Crippen LogP contribution in [0.5, 0.6) is 0 Å². The first-order chi connectivity index (χ1) is 14.2. The molecule has 2 fully saturated rings. The van der Waals surface area contributed by atoms with Gasteiger partial charge in [-0.25, -0.2) is 19.2 Å². The van der Waals surface area contributed by atoms with Crippen LogP contribution in [0, 0.1) is 24.6 Å². The summed E-state index contributed by atoms with van der Waals surface area (Å²) < 4.78 is 58.6. The summed E-state index contributed by atoms with van der Waals surface area (Å²) in [6.45, 7) is 2.93. The normalized spacial score (nSPS) is 23.5. The summed E-state index contributed by atoms with van der Waals surface area (Å²) >= 11 is 0. The van der Waals surface area contributed by atoms with Gasteiger partial charge in [0.15, 0.2) is 5.69 Å². The smallest absolute Gasteiger partial charge is 0.416 e. The second-order valence-electron chi connectivity index (χ2n) is 8.01. The molecule has 3 atom stereocenters. The van der Waals surface area contributed by atoms with Gasteiger partial charge in [-0.3, -0.25) is 0 Å². The number of esters is 1. The largest absolute Gasteiger partial charge is 0.464 e. The Morgan fingerprint density at radius 2 is 1.80 bits per heavy atom. The van der Waals surface area contributed by atoms with Crippen molar-refractivity contribution in [2.24, 2.45) is 11.8 Å². The van der Waals surface area contributed by atoms with Crippen LogP contribution < -0.4 is 4.90 Å². The Morgan fingerprint density at radius 1 is 1.13 bits per heavy atom. The number of methoxy groups -OCH3 is 1. The third-order valence-electron chi connectivity index (χ3n) is 6.03. The van der Waals surface area contributed by atoms with Gasteiger partial charge in [0.1, 0.15) is 5.82 Å². The molecule has 2 aromatic rings. The van der Waals surface area contributed by atoms with E-state index in [0.29, 0.717) is 37.6 Å². The zero-order chi connectivity index (χ0) is 21.6. The summed E-state index contributed by atoms with van der Waals surface area (Å²) in [4.78, 5) is 22.5. The van der Waals surface area contributed by atoms with E-state index in [1.54, 1.807) is 13.0 Å². The minimum absolute atomic E-state index is 0.0447. The van der Waals surface area contributed by atoms with Gasteiger partial charge >= 0.3 is 12.1 Å². The molecule has 0 amide bonds. The number of alkyl halides is 3. The maximum absolute atomic E-state index is 13.7. The van der Waals surface area contributed by atoms with E-state index in [0.717, 1.165) is 18.2 Å². The van der Waals surface area contributed by atoms with Gasteiger partial charge in [0, 0.05) is 18.8 Å². The van der Waals surface area contributed by atoms with Crippen molar-refractivity contribution in [1.82, 2.24) is 9.97 Å². The van der Waals surface area contributed by atoms with Crippen LogP contribution in [0.3, 0.4) is 0 Å². The van der Waals surface area contributed by atoms with E-state index in [-0.39, 0.29) is 29.0 Å². The van der Waals surface area contributed by atoms with Gasteiger partial charge in [0.05, 0.1) is 12.7 Å². The highest BCUT2D eigenvalue weighted by Crippen LogP contribution is 2.49. The Morgan fingerprint density at radius 3 is 2.40 bits per heavy atom. The van der Waals surface area contributed by atoms with Gasteiger partial charge in [-0.1, -0.05) is 0 Å². The molecule has 0 spiro atoms. The zero-order valence-corrected chi connectivity index (χ0v) is 16.5. The number of hydrogen-bond donors (Lipinski definition) is 0. The van der Waals surface area contributed by atoms with Crippen molar-refractivity contribution >= 4 is 11.9 Å². The van der Waals surface area contributed by atoms with Gasteiger partial charge in [0.2, 0.25) is 5.95 Å². The minimum atomic E-state index is -4.51. The van der Waals surface area contributed by atoms with Crippen LogP contribution in [0.4, 0.5) is 23.5 Å². The molecule has 1 aromatic heterocycles. The third-order valence-corrected chi connectivity index (χ3v) is 6.03. The highest BCUT2D eigenvalue weighted by Gasteiger charge is 2.45. The summed E-state index contributed by atoms with van der Waals surface area (Å²) in [6, 6.07) is 4.27.